The fraction of sp³-hybridized carbons (Fsp3) is 0.600. The van der Waals surface area contributed by atoms with Crippen molar-refractivity contribution in [3.8, 4) is 17.2 Å². The summed E-state index contributed by atoms with van der Waals surface area (Å²) in [6, 6.07) is 4.43. The van der Waals surface area contributed by atoms with Crippen LogP contribution in [0, 0.1) is 0 Å². The van der Waals surface area contributed by atoms with E-state index in [1.54, 1.807) is 21.3 Å². The Bertz CT molecular complexity index is 387. The van der Waals surface area contributed by atoms with E-state index in [1.165, 1.54) is 0 Å². The molecule has 0 saturated heterocycles. The summed E-state index contributed by atoms with van der Waals surface area (Å²) in [5, 5.41) is 3.50. The lowest BCUT2D eigenvalue weighted by atomic mass is 10.1. The van der Waals surface area contributed by atoms with E-state index in [0.29, 0.717) is 23.3 Å². The van der Waals surface area contributed by atoms with Gasteiger partial charge in [0.1, 0.15) is 0 Å². The number of methoxy groups -OCH3 is 3. The zero-order valence-electron chi connectivity index (χ0n) is 13.0. The summed E-state index contributed by atoms with van der Waals surface area (Å²) in [5.41, 5.74) is 1.12. The third kappa shape index (κ3) is 4.80. The zero-order chi connectivity index (χ0) is 15.0. The van der Waals surface area contributed by atoms with Crippen molar-refractivity contribution >= 4 is 11.8 Å². The maximum absolute atomic E-state index is 5.35. The van der Waals surface area contributed by atoms with Crippen molar-refractivity contribution in [2.75, 3.05) is 32.8 Å². The van der Waals surface area contributed by atoms with Crippen molar-refractivity contribution in [2.24, 2.45) is 0 Å². The van der Waals surface area contributed by atoms with Crippen LogP contribution in [0.15, 0.2) is 12.1 Å². The molecule has 1 unspecified atom stereocenters. The van der Waals surface area contributed by atoms with E-state index in [2.05, 4.69) is 19.2 Å². The molecule has 1 aromatic carbocycles. The molecular formula is C15H25NO3S. The minimum atomic E-state index is 0.471. The summed E-state index contributed by atoms with van der Waals surface area (Å²) in [6.45, 7) is 5.15. The van der Waals surface area contributed by atoms with Crippen LogP contribution in [-0.2, 0) is 6.54 Å². The lowest BCUT2D eigenvalue weighted by Gasteiger charge is -2.16. The Kier molecular flexibility index (Phi) is 7.62. The molecule has 0 aromatic heterocycles. The fourth-order valence-electron chi connectivity index (χ4n) is 1.88. The van der Waals surface area contributed by atoms with Crippen LogP contribution in [0.3, 0.4) is 0 Å². The Morgan fingerprint density at radius 3 is 2.15 bits per heavy atom. The number of thioether (sulfide) groups is 1. The van der Waals surface area contributed by atoms with Gasteiger partial charge in [-0.1, -0.05) is 6.92 Å². The van der Waals surface area contributed by atoms with Gasteiger partial charge in [-0.05, 0) is 30.4 Å². The van der Waals surface area contributed by atoms with Gasteiger partial charge in [-0.2, -0.15) is 11.8 Å². The largest absolute Gasteiger partial charge is 0.493 e. The summed E-state index contributed by atoms with van der Waals surface area (Å²) in [7, 11) is 4.88. The van der Waals surface area contributed by atoms with E-state index in [-0.39, 0.29) is 0 Å². The predicted octanol–water partition coefficient (Wildman–Crippen LogP) is 2.94. The number of hydrogen-bond acceptors (Lipinski definition) is 5. The molecule has 1 atom stereocenters. The van der Waals surface area contributed by atoms with Gasteiger partial charge in [-0.25, -0.2) is 0 Å². The van der Waals surface area contributed by atoms with Gasteiger partial charge in [0.2, 0.25) is 5.75 Å². The monoisotopic (exact) mass is 299 g/mol. The molecule has 0 aliphatic heterocycles. The SMILES string of the molecule is CCSCC(C)NCc1cc(OC)c(OC)c(OC)c1. The van der Waals surface area contributed by atoms with E-state index in [0.717, 1.165) is 23.6 Å². The second-order valence-electron chi connectivity index (χ2n) is 4.48. The van der Waals surface area contributed by atoms with Gasteiger partial charge in [-0.3, -0.25) is 0 Å². The van der Waals surface area contributed by atoms with Gasteiger partial charge in [0.15, 0.2) is 11.5 Å². The normalized spacial score (nSPS) is 12.1. The fourth-order valence-corrected chi connectivity index (χ4v) is 2.59. The number of rotatable bonds is 9. The highest BCUT2D eigenvalue weighted by molar-refractivity contribution is 7.99. The summed E-state index contributed by atoms with van der Waals surface area (Å²) in [4.78, 5) is 0. The third-order valence-electron chi connectivity index (χ3n) is 2.95. The van der Waals surface area contributed by atoms with Crippen LogP contribution in [0.5, 0.6) is 17.2 Å². The van der Waals surface area contributed by atoms with Gasteiger partial charge in [0, 0.05) is 18.3 Å². The molecule has 4 nitrogen and oxygen atoms in total. The van der Waals surface area contributed by atoms with Crippen molar-refractivity contribution in [3.63, 3.8) is 0 Å². The second-order valence-corrected chi connectivity index (χ2v) is 5.79. The molecule has 0 bridgehead atoms. The Hall–Kier alpha value is -1.07. The number of benzene rings is 1. The minimum absolute atomic E-state index is 0.471. The van der Waals surface area contributed by atoms with Gasteiger partial charge in [0.05, 0.1) is 21.3 Å². The van der Waals surface area contributed by atoms with Gasteiger partial charge in [0.25, 0.3) is 0 Å². The molecule has 20 heavy (non-hydrogen) atoms. The van der Waals surface area contributed by atoms with E-state index < -0.39 is 0 Å². The average Bonchev–Trinajstić information content (AvgIpc) is 2.49. The lowest BCUT2D eigenvalue weighted by Crippen LogP contribution is -2.27. The molecule has 1 aromatic rings. The van der Waals surface area contributed by atoms with Crippen molar-refractivity contribution < 1.29 is 14.2 Å². The molecule has 0 radical (unpaired) electrons. The Labute approximate surface area is 126 Å². The molecule has 0 heterocycles. The molecule has 0 saturated carbocycles. The summed E-state index contributed by atoms with van der Waals surface area (Å²) >= 11 is 1.94. The van der Waals surface area contributed by atoms with E-state index in [4.69, 9.17) is 14.2 Å². The maximum atomic E-state index is 5.35. The van der Waals surface area contributed by atoms with E-state index in [1.807, 2.05) is 23.9 Å². The molecule has 1 rings (SSSR count). The minimum Gasteiger partial charge on any atom is -0.493 e. The van der Waals surface area contributed by atoms with Crippen LogP contribution in [-0.4, -0.2) is 38.9 Å². The van der Waals surface area contributed by atoms with Crippen molar-refractivity contribution in [1.29, 1.82) is 0 Å². The van der Waals surface area contributed by atoms with Gasteiger partial charge >= 0.3 is 0 Å². The predicted molar refractivity (Wildman–Crippen MR) is 85.4 cm³/mol. The quantitative estimate of drug-likeness (QED) is 0.759. The number of ether oxygens (including phenoxy) is 3. The van der Waals surface area contributed by atoms with Crippen LogP contribution in [0.2, 0.25) is 0 Å². The Morgan fingerprint density at radius 1 is 1.10 bits per heavy atom. The zero-order valence-corrected chi connectivity index (χ0v) is 13.8. The summed E-state index contributed by atoms with van der Waals surface area (Å²) < 4.78 is 16.0. The van der Waals surface area contributed by atoms with Crippen molar-refractivity contribution in [2.45, 2.75) is 26.4 Å². The first kappa shape index (κ1) is 17.0. The smallest absolute Gasteiger partial charge is 0.203 e. The standard InChI is InChI=1S/C15H25NO3S/c1-6-20-10-11(2)16-9-12-7-13(17-3)15(19-5)14(8-12)18-4/h7-8,11,16H,6,9-10H2,1-5H3. The molecule has 0 spiro atoms. The topological polar surface area (TPSA) is 39.7 Å². The first-order valence-corrected chi connectivity index (χ1v) is 7.91. The molecular weight excluding hydrogens is 274 g/mol. The van der Waals surface area contributed by atoms with Gasteiger partial charge in [-0.15, -0.1) is 0 Å². The first-order valence-electron chi connectivity index (χ1n) is 6.76. The molecule has 0 aliphatic carbocycles. The molecule has 0 amide bonds. The first-order chi connectivity index (χ1) is 9.65. The van der Waals surface area contributed by atoms with Crippen LogP contribution in [0.1, 0.15) is 19.4 Å². The third-order valence-corrected chi connectivity index (χ3v) is 4.10. The van der Waals surface area contributed by atoms with Crippen LogP contribution >= 0.6 is 11.8 Å². The Balaban J connectivity index is 2.75. The van der Waals surface area contributed by atoms with Gasteiger partial charge < -0.3 is 19.5 Å². The highest BCUT2D eigenvalue weighted by Crippen LogP contribution is 2.38. The van der Waals surface area contributed by atoms with Crippen LogP contribution in [0.4, 0.5) is 0 Å². The average molecular weight is 299 g/mol. The van der Waals surface area contributed by atoms with E-state index in [9.17, 15) is 0 Å². The second kappa shape index (κ2) is 8.97. The highest BCUT2D eigenvalue weighted by atomic mass is 32.2. The highest BCUT2D eigenvalue weighted by Gasteiger charge is 2.13. The lowest BCUT2D eigenvalue weighted by molar-refractivity contribution is 0.323. The molecule has 1 N–H and O–H groups in total. The summed E-state index contributed by atoms with van der Waals surface area (Å²) in [5.74, 6) is 4.28. The maximum Gasteiger partial charge on any atom is 0.203 e. The van der Waals surface area contributed by atoms with Crippen molar-refractivity contribution in [3.05, 3.63) is 17.7 Å². The molecule has 114 valence electrons. The molecule has 5 heteroatoms. The number of nitrogens with one attached hydrogen (secondary N) is 1. The van der Waals surface area contributed by atoms with Crippen molar-refractivity contribution in [1.82, 2.24) is 5.32 Å². The summed E-state index contributed by atoms with van der Waals surface area (Å²) in [6.07, 6.45) is 0. The molecule has 0 fully saturated rings. The van der Waals surface area contributed by atoms with E-state index >= 15 is 0 Å². The molecule has 0 aliphatic rings. The van der Waals surface area contributed by atoms with Crippen LogP contribution in [0.25, 0.3) is 0 Å². The number of hydrogen-bond donors (Lipinski definition) is 1. The Morgan fingerprint density at radius 2 is 1.70 bits per heavy atom. The van der Waals surface area contributed by atoms with Crippen LogP contribution < -0.4 is 19.5 Å².